The lowest BCUT2D eigenvalue weighted by molar-refractivity contribution is -0.117. The third-order valence-corrected chi connectivity index (χ3v) is 4.99. The molecule has 1 aliphatic carbocycles. The Morgan fingerprint density at radius 2 is 2.10 bits per heavy atom. The summed E-state index contributed by atoms with van der Waals surface area (Å²) >= 11 is 0. The van der Waals surface area contributed by atoms with E-state index >= 15 is 0 Å². The van der Waals surface area contributed by atoms with E-state index in [0.29, 0.717) is 22.1 Å². The summed E-state index contributed by atoms with van der Waals surface area (Å²) in [5.74, 6) is -1.93. The zero-order valence-corrected chi connectivity index (χ0v) is 14.7. The molecule has 3 aromatic heterocycles. The summed E-state index contributed by atoms with van der Waals surface area (Å²) in [7, 11) is 0. The van der Waals surface area contributed by atoms with Crippen molar-refractivity contribution in [1.82, 2.24) is 19.6 Å². The normalized spacial score (nSPS) is 18.7. The number of imidazole rings is 1. The van der Waals surface area contributed by atoms with Gasteiger partial charge in [0.1, 0.15) is 17.6 Å². The Balaban J connectivity index is 1.60. The summed E-state index contributed by atoms with van der Waals surface area (Å²) in [5, 5.41) is 9.31. The number of halogens is 4. The van der Waals surface area contributed by atoms with E-state index in [0.717, 1.165) is 6.07 Å². The van der Waals surface area contributed by atoms with Crippen molar-refractivity contribution in [2.75, 3.05) is 5.32 Å². The standard InChI is InChI=1S/C19H13F4N5O/c20-11-3-9(11)19(29)26-14-7-28-6-8(1-2-15(28)25-14)16-10-5-24-27-13(10)4-12(21)17(16)18(22)23/h1-2,4-7,9,11,18H,3H2,(H,24,27)(H,26,29)/t9-,11+/m1/s1. The van der Waals surface area contributed by atoms with E-state index in [-0.39, 0.29) is 17.8 Å². The number of aromatic amines is 1. The van der Waals surface area contributed by atoms with Crippen LogP contribution in [-0.2, 0) is 4.79 Å². The molecule has 4 aromatic rings. The number of carbonyl (C=O) groups is 1. The Morgan fingerprint density at radius 1 is 1.31 bits per heavy atom. The minimum absolute atomic E-state index is 0.0307. The van der Waals surface area contributed by atoms with Crippen molar-refractivity contribution in [3.63, 3.8) is 0 Å². The van der Waals surface area contributed by atoms with Crippen LogP contribution in [0.5, 0.6) is 0 Å². The van der Waals surface area contributed by atoms with Crippen molar-refractivity contribution in [3.8, 4) is 11.1 Å². The van der Waals surface area contributed by atoms with Crippen LogP contribution >= 0.6 is 0 Å². The van der Waals surface area contributed by atoms with Crippen LogP contribution in [0.15, 0.2) is 36.8 Å². The number of rotatable bonds is 4. The fraction of sp³-hybridized carbons (Fsp3) is 0.211. The molecule has 2 atom stereocenters. The average Bonchev–Trinajstić information content (AvgIpc) is 3.06. The Labute approximate surface area is 160 Å². The van der Waals surface area contributed by atoms with E-state index in [1.165, 1.54) is 23.0 Å². The van der Waals surface area contributed by atoms with Gasteiger partial charge >= 0.3 is 0 Å². The van der Waals surface area contributed by atoms with E-state index in [9.17, 15) is 22.4 Å². The van der Waals surface area contributed by atoms with Crippen molar-refractivity contribution < 1.29 is 22.4 Å². The quantitative estimate of drug-likeness (QED) is 0.500. The number of anilines is 1. The van der Waals surface area contributed by atoms with Gasteiger partial charge < -0.3 is 9.72 Å². The molecule has 3 heterocycles. The number of pyridine rings is 1. The van der Waals surface area contributed by atoms with Crippen molar-refractivity contribution >= 4 is 28.3 Å². The smallest absolute Gasteiger partial charge is 0.267 e. The minimum Gasteiger partial charge on any atom is -0.309 e. The fourth-order valence-electron chi connectivity index (χ4n) is 3.45. The molecule has 5 rings (SSSR count). The molecule has 0 bridgehead atoms. The molecule has 1 aliphatic rings. The number of amides is 1. The number of hydrogen-bond acceptors (Lipinski definition) is 3. The molecule has 0 saturated heterocycles. The van der Waals surface area contributed by atoms with Gasteiger partial charge in [-0.25, -0.2) is 22.5 Å². The van der Waals surface area contributed by atoms with Crippen LogP contribution in [0.4, 0.5) is 23.4 Å². The number of hydrogen-bond donors (Lipinski definition) is 2. The van der Waals surface area contributed by atoms with Gasteiger partial charge in [0, 0.05) is 23.2 Å². The molecule has 1 saturated carbocycles. The van der Waals surface area contributed by atoms with Gasteiger partial charge in [0.25, 0.3) is 6.43 Å². The number of benzene rings is 1. The molecule has 6 nitrogen and oxygen atoms in total. The first kappa shape index (κ1) is 17.7. The van der Waals surface area contributed by atoms with Crippen molar-refractivity contribution in [2.24, 2.45) is 5.92 Å². The highest BCUT2D eigenvalue weighted by molar-refractivity contribution is 5.97. The number of fused-ring (bicyclic) bond motifs is 2. The Hall–Kier alpha value is -3.43. The monoisotopic (exact) mass is 403 g/mol. The summed E-state index contributed by atoms with van der Waals surface area (Å²) in [6, 6.07) is 4.10. The number of nitrogens with zero attached hydrogens (tertiary/aromatic N) is 3. The Bertz CT molecular complexity index is 1260. The molecule has 0 aliphatic heterocycles. The summed E-state index contributed by atoms with van der Waals surface area (Å²) in [6.07, 6.45) is 0.407. The topological polar surface area (TPSA) is 75.1 Å². The van der Waals surface area contributed by atoms with Crippen LogP contribution in [0.3, 0.4) is 0 Å². The Kier molecular flexibility index (Phi) is 3.83. The molecule has 10 heteroatoms. The lowest BCUT2D eigenvalue weighted by Gasteiger charge is -2.12. The lowest BCUT2D eigenvalue weighted by atomic mass is 9.97. The van der Waals surface area contributed by atoms with E-state index in [2.05, 4.69) is 20.5 Å². The molecule has 1 amide bonds. The van der Waals surface area contributed by atoms with Gasteiger partial charge in [-0.05, 0) is 24.1 Å². The minimum atomic E-state index is -3.02. The first-order chi connectivity index (χ1) is 13.9. The highest BCUT2D eigenvalue weighted by atomic mass is 19.3. The van der Waals surface area contributed by atoms with Crippen LogP contribution in [0.1, 0.15) is 18.4 Å². The molecule has 0 spiro atoms. The molecular formula is C19H13F4N5O. The molecule has 1 fully saturated rings. The average molecular weight is 403 g/mol. The maximum absolute atomic E-state index is 14.3. The molecule has 148 valence electrons. The maximum Gasteiger partial charge on any atom is 0.267 e. The second-order valence-corrected chi connectivity index (χ2v) is 6.94. The number of carbonyl (C=O) groups excluding carboxylic acids is 1. The van der Waals surface area contributed by atoms with Gasteiger partial charge in [0.15, 0.2) is 5.82 Å². The van der Waals surface area contributed by atoms with Crippen LogP contribution in [0.2, 0.25) is 0 Å². The summed E-state index contributed by atoms with van der Waals surface area (Å²) < 4.78 is 56.1. The van der Waals surface area contributed by atoms with Gasteiger partial charge in [-0.3, -0.25) is 9.89 Å². The number of aromatic nitrogens is 4. The van der Waals surface area contributed by atoms with Gasteiger partial charge in [-0.2, -0.15) is 5.10 Å². The van der Waals surface area contributed by atoms with Crippen molar-refractivity contribution in [2.45, 2.75) is 19.0 Å². The first-order valence-electron chi connectivity index (χ1n) is 8.80. The zero-order valence-electron chi connectivity index (χ0n) is 14.7. The SMILES string of the molecule is O=C(Nc1cn2cc(-c3c(C(F)F)c(F)cc4[nH]ncc34)ccc2n1)[C@@H]1C[C@@H]1F. The molecule has 0 unspecified atom stereocenters. The highest BCUT2D eigenvalue weighted by Crippen LogP contribution is 2.39. The third kappa shape index (κ3) is 2.91. The molecule has 1 aromatic carbocycles. The van der Waals surface area contributed by atoms with Gasteiger partial charge in [-0.15, -0.1) is 0 Å². The second kappa shape index (κ2) is 6.29. The summed E-state index contributed by atoms with van der Waals surface area (Å²) in [6.45, 7) is 0. The van der Waals surface area contributed by atoms with Crippen LogP contribution in [-0.4, -0.2) is 31.7 Å². The fourth-order valence-corrected chi connectivity index (χ4v) is 3.45. The van der Waals surface area contributed by atoms with Crippen LogP contribution < -0.4 is 5.32 Å². The predicted octanol–water partition coefficient (Wildman–Crippen LogP) is 4.25. The number of alkyl halides is 3. The van der Waals surface area contributed by atoms with E-state index in [1.807, 2.05) is 0 Å². The van der Waals surface area contributed by atoms with Gasteiger partial charge in [-0.1, -0.05) is 0 Å². The van der Waals surface area contributed by atoms with Gasteiger partial charge in [0.05, 0.1) is 29.4 Å². The zero-order chi connectivity index (χ0) is 20.3. The van der Waals surface area contributed by atoms with E-state index < -0.39 is 35.8 Å². The number of nitrogens with one attached hydrogen (secondary N) is 2. The van der Waals surface area contributed by atoms with E-state index in [4.69, 9.17) is 0 Å². The lowest BCUT2D eigenvalue weighted by Crippen LogP contribution is -2.15. The summed E-state index contributed by atoms with van der Waals surface area (Å²) in [4.78, 5) is 16.1. The third-order valence-electron chi connectivity index (χ3n) is 4.99. The van der Waals surface area contributed by atoms with Crippen LogP contribution in [0.25, 0.3) is 27.7 Å². The number of H-pyrrole nitrogens is 1. The molecule has 29 heavy (non-hydrogen) atoms. The molecule has 0 radical (unpaired) electrons. The second-order valence-electron chi connectivity index (χ2n) is 6.94. The first-order valence-corrected chi connectivity index (χ1v) is 8.80. The van der Waals surface area contributed by atoms with Crippen molar-refractivity contribution in [3.05, 3.63) is 48.2 Å². The van der Waals surface area contributed by atoms with Crippen LogP contribution in [0, 0.1) is 11.7 Å². The molecular weight excluding hydrogens is 390 g/mol. The molecule has 2 N–H and O–H groups in total. The predicted molar refractivity (Wildman–Crippen MR) is 96.8 cm³/mol. The van der Waals surface area contributed by atoms with Gasteiger partial charge in [0.2, 0.25) is 5.91 Å². The van der Waals surface area contributed by atoms with Crippen molar-refractivity contribution in [1.29, 1.82) is 0 Å². The maximum atomic E-state index is 14.3. The van der Waals surface area contributed by atoms with E-state index in [1.54, 1.807) is 12.1 Å². The highest BCUT2D eigenvalue weighted by Gasteiger charge is 2.43. The largest absolute Gasteiger partial charge is 0.309 e. The Morgan fingerprint density at radius 3 is 2.83 bits per heavy atom. The summed E-state index contributed by atoms with van der Waals surface area (Å²) in [5.41, 5.74) is 0.388.